The standard InChI is InChI=1S/C23H32O7/c1-12(24)30-11-19(28)23(29)7-5-15-14-9-17(26)16-8-13(25)4-6-21(16,2)20(14)18(27)10-22(15,23)3/h8,14-15,17-18,20,26-27,29H,4-7,9-11H2,1-3H3/t14-,15-,17-,18-,20+,21-,22-,23-/m0/s1/i10D2,18D,20D. The second-order valence-corrected chi connectivity index (χ2v) is 9.55. The lowest BCUT2D eigenvalue weighted by atomic mass is 9.45. The van der Waals surface area contributed by atoms with Crippen molar-refractivity contribution in [3.63, 3.8) is 0 Å². The summed E-state index contributed by atoms with van der Waals surface area (Å²) < 4.78 is 41.3. The number of esters is 1. The average molecular weight is 425 g/mol. The molecule has 30 heavy (non-hydrogen) atoms. The molecule has 3 fully saturated rings. The van der Waals surface area contributed by atoms with E-state index in [1.54, 1.807) is 6.92 Å². The van der Waals surface area contributed by atoms with Crippen molar-refractivity contribution in [1.29, 1.82) is 0 Å². The molecule has 0 radical (unpaired) electrons. The summed E-state index contributed by atoms with van der Waals surface area (Å²) in [6.07, 6.45) is -6.09. The van der Waals surface area contributed by atoms with E-state index in [0.29, 0.717) is 0 Å². The second kappa shape index (κ2) is 6.97. The lowest BCUT2D eigenvalue weighted by molar-refractivity contribution is -0.188. The molecule has 0 aromatic rings. The van der Waals surface area contributed by atoms with Crippen LogP contribution in [0.1, 0.15) is 64.7 Å². The van der Waals surface area contributed by atoms with Crippen molar-refractivity contribution in [2.24, 2.45) is 28.6 Å². The smallest absolute Gasteiger partial charge is 0.303 e. The maximum atomic E-state index is 13.1. The highest BCUT2D eigenvalue weighted by Crippen LogP contribution is 2.67. The van der Waals surface area contributed by atoms with E-state index in [4.69, 9.17) is 8.85 Å². The number of ether oxygens (including phenoxy) is 1. The zero-order valence-electron chi connectivity index (χ0n) is 21.5. The normalized spacial score (nSPS) is 56.1. The molecule has 0 bridgehead atoms. The summed E-state index contributed by atoms with van der Waals surface area (Å²) >= 11 is 0. The first-order valence-corrected chi connectivity index (χ1v) is 10.5. The van der Waals surface area contributed by atoms with Gasteiger partial charge in [-0.1, -0.05) is 13.8 Å². The molecule has 7 nitrogen and oxygen atoms in total. The third kappa shape index (κ3) is 2.85. The van der Waals surface area contributed by atoms with E-state index in [0.717, 1.165) is 6.92 Å². The van der Waals surface area contributed by atoms with Crippen LogP contribution < -0.4 is 0 Å². The molecule has 0 heterocycles. The van der Waals surface area contributed by atoms with Gasteiger partial charge in [0, 0.05) is 22.9 Å². The fourth-order valence-corrected chi connectivity index (χ4v) is 6.42. The van der Waals surface area contributed by atoms with Gasteiger partial charge in [-0.15, -0.1) is 0 Å². The molecule has 0 aromatic heterocycles. The first-order valence-electron chi connectivity index (χ1n) is 12.5. The van der Waals surface area contributed by atoms with Crippen LogP contribution in [0.15, 0.2) is 11.6 Å². The second-order valence-electron chi connectivity index (χ2n) is 9.55. The predicted molar refractivity (Wildman–Crippen MR) is 106 cm³/mol. The number of Topliss-reactive ketones (excluding diaryl/α,β-unsaturated/α-hetero) is 1. The Labute approximate surface area is 182 Å². The molecule has 4 aliphatic rings. The Hall–Kier alpha value is -1.57. The van der Waals surface area contributed by atoms with Gasteiger partial charge in [0.15, 0.2) is 12.4 Å². The third-order valence-corrected chi connectivity index (χ3v) is 8.03. The molecule has 3 saturated carbocycles. The molecule has 0 saturated heterocycles. The highest BCUT2D eigenvalue weighted by atomic mass is 16.5. The van der Waals surface area contributed by atoms with Gasteiger partial charge in [-0.25, -0.2) is 0 Å². The lowest BCUT2D eigenvalue weighted by Crippen LogP contribution is -2.63. The lowest BCUT2D eigenvalue weighted by Gasteiger charge is -2.61. The summed E-state index contributed by atoms with van der Waals surface area (Å²) in [4.78, 5) is 36.4. The Bertz CT molecular complexity index is 996. The Balaban J connectivity index is 1.91. The predicted octanol–water partition coefficient (Wildman–Crippen LogP) is 1.32. The molecule has 0 unspecified atom stereocenters. The molecule has 3 N–H and O–H groups in total. The minimum atomic E-state index is -3.12. The molecule has 0 amide bonds. The van der Waals surface area contributed by atoms with Crippen molar-refractivity contribution in [2.45, 2.75) is 77.0 Å². The largest absolute Gasteiger partial charge is 0.458 e. The summed E-state index contributed by atoms with van der Waals surface area (Å²) in [5, 5.41) is 34.3. The van der Waals surface area contributed by atoms with Crippen molar-refractivity contribution in [2.75, 3.05) is 6.61 Å². The van der Waals surface area contributed by atoms with Crippen molar-refractivity contribution < 1.29 is 39.9 Å². The van der Waals surface area contributed by atoms with Crippen LogP contribution in [0, 0.1) is 28.6 Å². The maximum Gasteiger partial charge on any atom is 0.303 e. The number of ketones is 2. The molecular formula is C23H32O7. The van der Waals surface area contributed by atoms with Crippen LogP contribution in [0.3, 0.4) is 0 Å². The van der Waals surface area contributed by atoms with Crippen LogP contribution in [0.5, 0.6) is 0 Å². The first-order chi connectivity index (χ1) is 15.4. The Kier molecular flexibility index (Phi) is 3.96. The van der Waals surface area contributed by atoms with Gasteiger partial charge in [-0.2, -0.15) is 0 Å². The van der Waals surface area contributed by atoms with Crippen molar-refractivity contribution >= 4 is 17.5 Å². The fraction of sp³-hybridized carbons (Fsp3) is 0.783. The van der Waals surface area contributed by atoms with E-state index in [9.17, 15) is 31.1 Å². The van der Waals surface area contributed by atoms with Crippen molar-refractivity contribution in [1.82, 2.24) is 0 Å². The maximum absolute atomic E-state index is 13.1. The Morgan fingerprint density at radius 1 is 1.33 bits per heavy atom. The van der Waals surface area contributed by atoms with Gasteiger partial charge in [0.25, 0.3) is 0 Å². The molecule has 7 heteroatoms. The van der Waals surface area contributed by atoms with Crippen LogP contribution in [0.2, 0.25) is 0 Å². The van der Waals surface area contributed by atoms with Gasteiger partial charge < -0.3 is 20.1 Å². The summed E-state index contributed by atoms with van der Waals surface area (Å²) in [5.74, 6) is -5.90. The Morgan fingerprint density at radius 2 is 2.03 bits per heavy atom. The van der Waals surface area contributed by atoms with Crippen molar-refractivity contribution in [3.8, 4) is 0 Å². The monoisotopic (exact) mass is 424 g/mol. The zero-order valence-corrected chi connectivity index (χ0v) is 17.5. The van der Waals surface area contributed by atoms with Gasteiger partial charge in [-0.05, 0) is 66.9 Å². The fourth-order valence-electron chi connectivity index (χ4n) is 6.42. The van der Waals surface area contributed by atoms with Gasteiger partial charge in [0.1, 0.15) is 5.60 Å². The van der Waals surface area contributed by atoms with Gasteiger partial charge in [0.05, 0.1) is 13.6 Å². The van der Waals surface area contributed by atoms with Gasteiger partial charge in [-0.3, -0.25) is 14.4 Å². The minimum absolute atomic E-state index is 0.0336. The zero-order chi connectivity index (χ0) is 25.7. The molecule has 4 rings (SSSR count). The number of carbonyl (C=O) groups is 3. The summed E-state index contributed by atoms with van der Waals surface area (Å²) in [5.41, 5.74) is -5.53. The van der Waals surface area contributed by atoms with Crippen LogP contribution in [0.25, 0.3) is 0 Å². The molecule has 4 aliphatic carbocycles. The molecular weight excluding hydrogens is 388 g/mol. The molecule has 0 aromatic carbocycles. The summed E-state index contributed by atoms with van der Waals surface area (Å²) in [6, 6.07) is 0. The molecule has 8 atom stereocenters. The third-order valence-electron chi connectivity index (χ3n) is 8.03. The van der Waals surface area contributed by atoms with Gasteiger partial charge in [0.2, 0.25) is 5.78 Å². The van der Waals surface area contributed by atoms with Gasteiger partial charge >= 0.3 is 5.97 Å². The SMILES string of the molecule is [2H]C1([2H])[C@]([2H])(O)[C@@]2([2H])[C@@H](C[C@H](O)C3=CC(=O)CC[C@@]32C)[C@@H]2CC[C@](O)(C(=O)COC(C)=O)[C@]21C. The van der Waals surface area contributed by atoms with Crippen molar-refractivity contribution in [3.05, 3.63) is 11.6 Å². The van der Waals surface area contributed by atoms with Crippen LogP contribution in [0.4, 0.5) is 0 Å². The highest BCUT2D eigenvalue weighted by molar-refractivity contribution is 5.92. The topological polar surface area (TPSA) is 121 Å². The van der Waals surface area contributed by atoms with Crippen LogP contribution >= 0.6 is 0 Å². The van der Waals surface area contributed by atoms with Crippen LogP contribution in [-0.2, 0) is 19.1 Å². The number of aliphatic hydroxyl groups excluding tert-OH is 1. The quantitative estimate of drug-likeness (QED) is 0.584. The molecule has 0 aliphatic heterocycles. The number of carbonyl (C=O) groups excluding carboxylic acids is 3. The highest BCUT2D eigenvalue weighted by Gasteiger charge is 2.69. The van der Waals surface area contributed by atoms with E-state index in [-0.39, 0.29) is 43.5 Å². The van der Waals surface area contributed by atoms with E-state index < -0.39 is 71.1 Å². The Morgan fingerprint density at radius 3 is 2.70 bits per heavy atom. The minimum Gasteiger partial charge on any atom is -0.458 e. The number of fused-ring (bicyclic) bond motifs is 5. The number of aliphatic hydroxyl groups is 3. The van der Waals surface area contributed by atoms with E-state index in [1.807, 2.05) is 0 Å². The number of hydrogen-bond acceptors (Lipinski definition) is 7. The van der Waals surface area contributed by atoms with E-state index in [1.165, 1.54) is 13.0 Å². The number of rotatable bonds is 3. The van der Waals surface area contributed by atoms with E-state index in [2.05, 4.69) is 0 Å². The van der Waals surface area contributed by atoms with Crippen LogP contribution in [-0.4, -0.2) is 57.2 Å². The first kappa shape index (κ1) is 17.0. The molecule has 166 valence electrons. The summed E-state index contributed by atoms with van der Waals surface area (Å²) in [6.45, 7) is 3.20. The summed E-state index contributed by atoms with van der Waals surface area (Å²) in [7, 11) is 0. The van der Waals surface area contributed by atoms with E-state index >= 15 is 0 Å². The average Bonchev–Trinajstić information content (AvgIpc) is 3.02. The molecule has 0 spiro atoms. The number of hydrogen-bond donors (Lipinski definition) is 3.